The van der Waals surface area contributed by atoms with Gasteiger partial charge in [0, 0.05) is 36.6 Å². The fraction of sp³-hybridized carbons (Fsp3) is 0.360. The van der Waals surface area contributed by atoms with Crippen LogP contribution in [0.2, 0.25) is 0 Å². The Kier molecular flexibility index (Phi) is 5.13. The Labute approximate surface area is 212 Å². The molecule has 12 heteroatoms. The summed E-state index contributed by atoms with van der Waals surface area (Å²) in [7, 11) is 1.81. The van der Waals surface area contributed by atoms with Gasteiger partial charge < -0.3 is 19.7 Å². The first-order valence-corrected chi connectivity index (χ1v) is 12.0. The smallest absolute Gasteiger partial charge is 0.210 e. The second-order valence-corrected chi connectivity index (χ2v) is 10.3. The summed E-state index contributed by atoms with van der Waals surface area (Å²) < 4.78 is 11.5. The van der Waals surface area contributed by atoms with Gasteiger partial charge in [-0.15, -0.1) is 0 Å². The minimum absolute atomic E-state index is 0.130. The van der Waals surface area contributed by atoms with Gasteiger partial charge in [-0.05, 0) is 12.8 Å². The van der Waals surface area contributed by atoms with Crippen LogP contribution >= 0.6 is 0 Å². The molecule has 12 nitrogen and oxygen atoms in total. The molecular formula is C25H26N10O2. The van der Waals surface area contributed by atoms with E-state index in [1.54, 1.807) is 33.9 Å². The van der Waals surface area contributed by atoms with E-state index in [-0.39, 0.29) is 17.6 Å². The lowest BCUT2D eigenvalue weighted by Crippen LogP contribution is -2.34. The molecule has 0 spiro atoms. The highest BCUT2D eigenvalue weighted by atomic mass is 16.5. The zero-order valence-corrected chi connectivity index (χ0v) is 20.9. The molecule has 37 heavy (non-hydrogen) atoms. The Hall–Kier alpha value is -4.50. The maximum absolute atomic E-state index is 10.0. The van der Waals surface area contributed by atoms with Crippen LogP contribution in [0, 0.1) is 11.3 Å². The molecule has 0 atom stereocenters. The molecule has 0 amide bonds. The highest BCUT2D eigenvalue weighted by Crippen LogP contribution is 2.38. The summed E-state index contributed by atoms with van der Waals surface area (Å²) in [6.45, 7) is 6.41. The number of imidazole rings is 1. The Balaban J connectivity index is 1.36. The van der Waals surface area contributed by atoms with Crippen molar-refractivity contribution in [2.45, 2.75) is 51.2 Å². The third kappa shape index (κ3) is 3.84. The van der Waals surface area contributed by atoms with Crippen LogP contribution in [0.1, 0.15) is 50.9 Å². The molecule has 1 saturated carbocycles. The Morgan fingerprint density at radius 1 is 1.19 bits per heavy atom. The lowest BCUT2D eigenvalue weighted by molar-refractivity contribution is 0.0411. The predicted molar refractivity (Wildman–Crippen MR) is 135 cm³/mol. The molecule has 5 aromatic rings. The third-order valence-electron chi connectivity index (χ3n) is 6.66. The number of hydrogen-bond donors (Lipinski definition) is 2. The van der Waals surface area contributed by atoms with Gasteiger partial charge in [-0.3, -0.25) is 9.67 Å². The molecule has 0 unspecified atom stereocenters. The summed E-state index contributed by atoms with van der Waals surface area (Å²) in [5.74, 6) is 1.90. The van der Waals surface area contributed by atoms with Gasteiger partial charge in [0.1, 0.15) is 22.7 Å². The SMILES string of the molecule is Cn1c(Nc2cc(C(C)(C)C)n(C3CC(O)C3)n2)nc2ncc(Oc3cnn4ccncc34)c(C#N)c21. The molecule has 0 aliphatic heterocycles. The van der Waals surface area contributed by atoms with E-state index in [1.165, 1.54) is 6.20 Å². The summed E-state index contributed by atoms with van der Waals surface area (Å²) in [4.78, 5) is 13.2. The van der Waals surface area contributed by atoms with Gasteiger partial charge in [-0.1, -0.05) is 20.8 Å². The number of aliphatic hydroxyl groups is 1. The average Bonchev–Trinajstić information content (AvgIpc) is 3.54. The third-order valence-corrected chi connectivity index (χ3v) is 6.66. The van der Waals surface area contributed by atoms with E-state index in [4.69, 9.17) is 9.84 Å². The fourth-order valence-corrected chi connectivity index (χ4v) is 4.63. The first-order chi connectivity index (χ1) is 17.7. The van der Waals surface area contributed by atoms with Crippen LogP contribution in [0.5, 0.6) is 11.5 Å². The average molecular weight is 499 g/mol. The minimum Gasteiger partial charge on any atom is -0.450 e. The second-order valence-electron chi connectivity index (χ2n) is 10.3. The monoisotopic (exact) mass is 498 g/mol. The molecule has 6 rings (SSSR count). The van der Waals surface area contributed by atoms with Crippen molar-refractivity contribution in [2.75, 3.05) is 5.32 Å². The van der Waals surface area contributed by atoms with E-state index in [0.29, 0.717) is 58.4 Å². The molecule has 5 heterocycles. The van der Waals surface area contributed by atoms with Crippen LogP contribution in [0.3, 0.4) is 0 Å². The topological polar surface area (TPSA) is 144 Å². The van der Waals surface area contributed by atoms with Crippen molar-refractivity contribution in [1.82, 2.24) is 38.9 Å². The first-order valence-electron chi connectivity index (χ1n) is 12.0. The predicted octanol–water partition coefficient (Wildman–Crippen LogP) is 3.61. The minimum atomic E-state index is -0.276. The summed E-state index contributed by atoms with van der Waals surface area (Å²) >= 11 is 0. The molecule has 1 aliphatic rings. The van der Waals surface area contributed by atoms with Crippen LogP contribution in [-0.2, 0) is 12.5 Å². The van der Waals surface area contributed by atoms with Gasteiger partial charge in [0.25, 0.3) is 0 Å². The number of aryl methyl sites for hydroxylation is 1. The van der Waals surface area contributed by atoms with Crippen LogP contribution in [0.25, 0.3) is 16.7 Å². The molecule has 1 fully saturated rings. The maximum atomic E-state index is 10.0. The van der Waals surface area contributed by atoms with Crippen molar-refractivity contribution in [1.29, 1.82) is 5.26 Å². The number of nitrogens with zero attached hydrogens (tertiary/aromatic N) is 9. The molecule has 0 radical (unpaired) electrons. The fourth-order valence-electron chi connectivity index (χ4n) is 4.63. The maximum Gasteiger partial charge on any atom is 0.210 e. The normalized spacial score (nSPS) is 17.6. The number of rotatable bonds is 5. The molecule has 1 aliphatic carbocycles. The van der Waals surface area contributed by atoms with Gasteiger partial charge >= 0.3 is 0 Å². The van der Waals surface area contributed by atoms with E-state index in [2.05, 4.69) is 52.2 Å². The first kappa shape index (κ1) is 22.9. The highest BCUT2D eigenvalue weighted by Gasteiger charge is 2.34. The summed E-state index contributed by atoms with van der Waals surface area (Å²) in [5, 5.41) is 32.2. The van der Waals surface area contributed by atoms with Crippen molar-refractivity contribution >= 4 is 28.4 Å². The second kappa shape index (κ2) is 8.28. The molecule has 0 aromatic carbocycles. The molecule has 188 valence electrons. The zero-order valence-electron chi connectivity index (χ0n) is 20.9. The number of fused-ring (bicyclic) bond motifs is 2. The van der Waals surface area contributed by atoms with Gasteiger partial charge in [0.05, 0.1) is 30.7 Å². The van der Waals surface area contributed by atoms with Crippen LogP contribution in [-0.4, -0.2) is 50.1 Å². The summed E-state index contributed by atoms with van der Waals surface area (Å²) in [5.41, 5.74) is 2.86. The van der Waals surface area contributed by atoms with E-state index in [1.807, 2.05) is 17.8 Å². The van der Waals surface area contributed by atoms with Gasteiger partial charge in [0.15, 0.2) is 23.0 Å². The molecule has 2 N–H and O–H groups in total. The largest absolute Gasteiger partial charge is 0.450 e. The van der Waals surface area contributed by atoms with Gasteiger partial charge in [-0.25, -0.2) is 9.50 Å². The molecule has 5 aromatic heterocycles. The molecule has 0 bridgehead atoms. The number of pyridine rings is 1. The standard InChI is InChI=1S/C25H26N10O2/c1-25(2,3)20-9-21(32-35(20)14-7-15(36)8-14)30-24-31-23-22(33(24)4)16(10-26)18(12-28-23)37-19-13-29-34-6-5-27-11-17(19)34/h5-6,9,11-15,36H,7-8H2,1-4H3,(H,28,30,31,32). The number of hydrogen-bond acceptors (Lipinski definition) is 9. The Morgan fingerprint density at radius 3 is 2.73 bits per heavy atom. The quantitative estimate of drug-likeness (QED) is 0.371. The zero-order chi connectivity index (χ0) is 25.9. The number of ether oxygens (including phenoxy) is 1. The number of aromatic nitrogens is 8. The molecule has 0 saturated heterocycles. The van der Waals surface area contributed by atoms with Crippen molar-refractivity contribution in [3.8, 4) is 17.6 Å². The van der Waals surface area contributed by atoms with E-state index < -0.39 is 0 Å². The van der Waals surface area contributed by atoms with Crippen LogP contribution in [0.15, 0.2) is 37.1 Å². The Bertz CT molecular complexity index is 1680. The van der Waals surface area contributed by atoms with E-state index >= 15 is 0 Å². The number of nitrogens with one attached hydrogen (secondary N) is 1. The summed E-state index contributed by atoms with van der Waals surface area (Å²) in [6, 6.07) is 4.42. The summed E-state index contributed by atoms with van der Waals surface area (Å²) in [6.07, 6.45) is 9.16. The molecular weight excluding hydrogens is 472 g/mol. The lowest BCUT2D eigenvalue weighted by atomic mass is 9.87. The van der Waals surface area contributed by atoms with Gasteiger partial charge in [-0.2, -0.15) is 20.4 Å². The van der Waals surface area contributed by atoms with Crippen molar-refractivity contribution in [2.24, 2.45) is 7.05 Å². The highest BCUT2D eigenvalue weighted by molar-refractivity contribution is 5.84. The number of anilines is 2. The van der Waals surface area contributed by atoms with Crippen LogP contribution in [0.4, 0.5) is 11.8 Å². The number of aliphatic hydroxyl groups excluding tert-OH is 1. The van der Waals surface area contributed by atoms with E-state index in [9.17, 15) is 10.4 Å². The lowest BCUT2D eigenvalue weighted by Gasteiger charge is -2.34. The number of nitriles is 1. The van der Waals surface area contributed by atoms with E-state index in [0.717, 1.165) is 5.69 Å². The van der Waals surface area contributed by atoms with Crippen molar-refractivity contribution < 1.29 is 9.84 Å². The van der Waals surface area contributed by atoms with Crippen LogP contribution < -0.4 is 10.1 Å². The van der Waals surface area contributed by atoms with Crippen molar-refractivity contribution in [3.05, 3.63) is 48.3 Å². The Morgan fingerprint density at radius 2 is 2.00 bits per heavy atom. The van der Waals surface area contributed by atoms with Crippen molar-refractivity contribution in [3.63, 3.8) is 0 Å². The van der Waals surface area contributed by atoms with Gasteiger partial charge in [0.2, 0.25) is 5.95 Å².